The van der Waals surface area contributed by atoms with Crippen LogP contribution in [0.15, 0.2) is 35.5 Å². The van der Waals surface area contributed by atoms with Crippen molar-refractivity contribution in [2.75, 3.05) is 5.32 Å². The predicted octanol–water partition coefficient (Wildman–Crippen LogP) is 1.04. The summed E-state index contributed by atoms with van der Waals surface area (Å²) in [6, 6.07) is 1.69. The van der Waals surface area contributed by atoms with Crippen molar-refractivity contribution in [3.63, 3.8) is 0 Å². The first-order valence-corrected chi connectivity index (χ1v) is 4.78. The van der Waals surface area contributed by atoms with Crippen LogP contribution in [0.3, 0.4) is 0 Å². The molecule has 1 amide bonds. The molecule has 2 rings (SSSR count). The summed E-state index contributed by atoms with van der Waals surface area (Å²) in [6.45, 7) is 0. The normalized spacial score (nSPS) is 10.0. The molecule has 6 nitrogen and oxygen atoms in total. The van der Waals surface area contributed by atoms with E-state index in [-0.39, 0.29) is 5.91 Å². The third kappa shape index (κ3) is 2.88. The fourth-order valence-corrected chi connectivity index (χ4v) is 1.15. The highest BCUT2D eigenvalue weighted by molar-refractivity contribution is 5.88. The minimum absolute atomic E-state index is 0.144. The maximum Gasteiger partial charge on any atom is 0.229 e. The molecule has 0 aliphatic rings. The number of nitrogens with one attached hydrogen (secondary N) is 1. The van der Waals surface area contributed by atoms with Crippen molar-refractivity contribution in [3.05, 3.63) is 36.8 Å². The Kier molecular flexibility index (Phi) is 3.22. The number of anilines is 1. The molecule has 0 saturated heterocycles. The fourth-order valence-electron chi connectivity index (χ4n) is 1.15. The Morgan fingerprint density at radius 3 is 2.81 bits per heavy atom. The summed E-state index contributed by atoms with van der Waals surface area (Å²) in [6.07, 6.45) is 6.86. The topological polar surface area (TPSA) is 80.9 Å². The van der Waals surface area contributed by atoms with Gasteiger partial charge in [0.2, 0.25) is 11.9 Å². The second-order valence-corrected chi connectivity index (χ2v) is 3.10. The van der Waals surface area contributed by atoms with Crippen LogP contribution in [-0.4, -0.2) is 20.9 Å². The molecule has 2 heterocycles. The van der Waals surface area contributed by atoms with Gasteiger partial charge in [-0.1, -0.05) is 0 Å². The number of rotatable bonds is 4. The first-order valence-electron chi connectivity index (χ1n) is 4.78. The van der Waals surface area contributed by atoms with E-state index in [9.17, 15) is 4.79 Å². The largest absolute Gasteiger partial charge is 0.451 e. The molecule has 1 N–H and O–H groups in total. The molecule has 2 aromatic heterocycles. The minimum Gasteiger partial charge on any atom is -0.451 e. The average Bonchev–Trinajstić information content (AvgIpc) is 2.81. The number of aromatic nitrogens is 3. The van der Waals surface area contributed by atoms with Gasteiger partial charge in [0.05, 0.1) is 5.69 Å². The Labute approximate surface area is 91.7 Å². The van der Waals surface area contributed by atoms with Crippen LogP contribution in [0, 0.1) is 0 Å². The summed E-state index contributed by atoms with van der Waals surface area (Å²) >= 11 is 0. The minimum atomic E-state index is -0.144. The Bertz CT molecular complexity index is 441. The van der Waals surface area contributed by atoms with Crippen LogP contribution >= 0.6 is 0 Å². The van der Waals surface area contributed by atoms with Crippen LogP contribution in [0.4, 0.5) is 5.95 Å². The van der Waals surface area contributed by atoms with Crippen molar-refractivity contribution in [3.8, 4) is 0 Å². The molecule has 0 bridgehead atoms. The van der Waals surface area contributed by atoms with Crippen molar-refractivity contribution in [1.29, 1.82) is 0 Å². The van der Waals surface area contributed by atoms with E-state index in [2.05, 4.69) is 20.3 Å². The van der Waals surface area contributed by atoms with Crippen LogP contribution in [0.25, 0.3) is 0 Å². The van der Waals surface area contributed by atoms with Gasteiger partial charge < -0.3 is 4.42 Å². The summed E-state index contributed by atoms with van der Waals surface area (Å²) in [5, 5.41) is 2.58. The molecule has 0 fully saturated rings. The van der Waals surface area contributed by atoms with Crippen LogP contribution in [0.2, 0.25) is 0 Å². The van der Waals surface area contributed by atoms with E-state index in [0.29, 0.717) is 18.8 Å². The lowest BCUT2D eigenvalue weighted by molar-refractivity contribution is -0.116. The second kappa shape index (κ2) is 5.01. The molecule has 0 saturated carbocycles. The highest BCUT2D eigenvalue weighted by Crippen LogP contribution is 2.01. The van der Waals surface area contributed by atoms with E-state index in [1.165, 1.54) is 12.7 Å². The van der Waals surface area contributed by atoms with Gasteiger partial charge in [0, 0.05) is 25.2 Å². The number of aryl methyl sites for hydroxylation is 1. The molecule has 6 heteroatoms. The van der Waals surface area contributed by atoms with E-state index in [1.54, 1.807) is 18.5 Å². The van der Waals surface area contributed by atoms with Crippen LogP contribution in [0.5, 0.6) is 0 Å². The van der Waals surface area contributed by atoms with Gasteiger partial charge in [-0.25, -0.2) is 15.0 Å². The summed E-state index contributed by atoms with van der Waals surface area (Å²) in [5.41, 5.74) is 0.754. The van der Waals surface area contributed by atoms with Gasteiger partial charge >= 0.3 is 0 Å². The molecule has 0 unspecified atom stereocenters. The fraction of sp³-hybridized carbons (Fsp3) is 0.200. The molecule has 82 valence electrons. The maximum absolute atomic E-state index is 11.5. The van der Waals surface area contributed by atoms with E-state index in [0.717, 1.165) is 5.69 Å². The SMILES string of the molecule is O=C(CCc1cocn1)Nc1ncccn1. The molecule has 0 atom stereocenters. The first kappa shape index (κ1) is 10.3. The molecule has 16 heavy (non-hydrogen) atoms. The average molecular weight is 218 g/mol. The summed E-state index contributed by atoms with van der Waals surface area (Å²) in [7, 11) is 0. The third-order valence-electron chi connectivity index (χ3n) is 1.91. The van der Waals surface area contributed by atoms with Crippen molar-refractivity contribution in [2.45, 2.75) is 12.8 Å². The van der Waals surface area contributed by atoms with Gasteiger partial charge in [-0.15, -0.1) is 0 Å². The number of amides is 1. The lowest BCUT2D eigenvalue weighted by atomic mass is 10.2. The predicted molar refractivity (Wildman–Crippen MR) is 55.5 cm³/mol. The van der Waals surface area contributed by atoms with Gasteiger partial charge in [-0.3, -0.25) is 10.1 Å². The van der Waals surface area contributed by atoms with E-state index in [4.69, 9.17) is 4.42 Å². The number of carbonyl (C=O) groups is 1. The molecular weight excluding hydrogens is 208 g/mol. The number of carbonyl (C=O) groups excluding carboxylic acids is 1. The Morgan fingerprint density at radius 2 is 2.12 bits per heavy atom. The van der Waals surface area contributed by atoms with Crippen molar-refractivity contribution in [1.82, 2.24) is 15.0 Å². The number of hydrogen-bond acceptors (Lipinski definition) is 5. The first-order chi connectivity index (χ1) is 7.84. The van der Waals surface area contributed by atoms with Crippen molar-refractivity contribution >= 4 is 11.9 Å². The van der Waals surface area contributed by atoms with Gasteiger partial charge in [0.25, 0.3) is 0 Å². The monoisotopic (exact) mass is 218 g/mol. The lowest BCUT2D eigenvalue weighted by Gasteiger charge is -2.01. The summed E-state index contributed by atoms with van der Waals surface area (Å²) < 4.78 is 4.80. The van der Waals surface area contributed by atoms with E-state index in [1.807, 2.05) is 0 Å². The molecule has 0 aliphatic carbocycles. The summed E-state index contributed by atoms with van der Waals surface area (Å²) in [5.74, 6) is 0.168. The molecular formula is C10H10N4O2. The Balaban J connectivity index is 1.81. The summed E-state index contributed by atoms with van der Waals surface area (Å²) in [4.78, 5) is 23.1. The van der Waals surface area contributed by atoms with Gasteiger partial charge in [-0.2, -0.15) is 0 Å². The van der Waals surface area contributed by atoms with Crippen molar-refractivity contribution < 1.29 is 9.21 Å². The number of oxazole rings is 1. The van der Waals surface area contributed by atoms with Gasteiger partial charge in [0.15, 0.2) is 6.39 Å². The van der Waals surface area contributed by atoms with Gasteiger partial charge in [-0.05, 0) is 6.07 Å². The quantitative estimate of drug-likeness (QED) is 0.829. The van der Waals surface area contributed by atoms with Crippen LogP contribution < -0.4 is 5.32 Å². The highest BCUT2D eigenvalue weighted by atomic mass is 16.3. The Hall–Kier alpha value is -2.24. The standard InChI is InChI=1S/C10H10N4O2/c15-9(3-2-8-6-16-7-13-8)14-10-11-4-1-5-12-10/h1,4-7H,2-3H2,(H,11,12,14,15). The van der Waals surface area contributed by atoms with E-state index >= 15 is 0 Å². The maximum atomic E-state index is 11.5. The second-order valence-electron chi connectivity index (χ2n) is 3.10. The van der Waals surface area contributed by atoms with Crippen LogP contribution in [0.1, 0.15) is 12.1 Å². The Morgan fingerprint density at radius 1 is 1.31 bits per heavy atom. The smallest absolute Gasteiger partial charge is 0.229 e. The zero-order chi connectivity index (χ0) is 11.2. The van der Waals surface area contributed by atoms with Gasteiger partial charge in [0.1, 0.15) is 6.26 Å². The molecule has 0 spiro atoms. The highest BCUT2D eigenvalue weighted by Gasteiger charge is 2.05. The molecule has 0 aliphatic heterocycles. The lowest BCUT2D eigenvalue weighted by Crippen LogP contribution is -2.14. The number of nitrogens with zero attached hydrogens (tertiary/aromatic N) is 3. The third-order valence-corrected chi connectivity index (χ3v) is 1.91. The zero-order valence-corrected chi connectivity index (χ0v) is 8.46. The molecule has 0 radical (unpaired) electrons. The van der Waals surface area contributed by atoms with E-state index < -0.39 is 0 Å². The molecule has 0 aromatic carbocycles. The number of hydrogen-bond donors (Lipinski definition) is 1. The van der Waals surface area contributed by atoms with Crippen LogP contribution in [-0.2, 0) is 11.2 Å². The van der Waals surface area contributed by atoms with Crippen molar-refractivity contribution in [2.24, 2.45) is 0 Å². The zero-order valence-electron chi connectivity index (χ0n) is 8.46. The molecule has 2 aromatic rings.